The minimum absolute atomic E-state index is 0.0441. The minimum Gasteiger partial charge on any atom is -0.480 e. The predicted octanol–water partition coefficient (Wildman–Crippen LogP) is 2.43. The number of carboxylic acid groups (broad SMARTS) is 1. The lowest BCUT2D eigenvalue weighted by Gasteiger charge is -2.12. The molecule has 1 atom stereocenters. The summed E-state index contributed by atoms with van der Waals surface area (Å²) < 4.78 is 12.8. The zero-order valence-corrected chi connectivity index (χ0v) is 9.59. The summed E-state index contributed by atoms with van der Waals surface area (Å²) >= 11 is 5.61. The van der Waals surface area contributed by atoms with E-state index < -0.39 is 17.8 Å². The van der Waals surface area contributed by atoms with Crippen molar-refractivity contribution in [3.8, 4) is 0 Å². The molecule has 1 rings (SSSR count). The van der Waals surface area contributed by atoms with Crippen molar-refractivity contribution in [2.45, 2.75) is 25.9 Å². The van der Waals surface area contributed by atoms with Crippen LogP contribution in [0.3, 0.4) is 0 Å². The van der Waals surface area contributed by atoms with Crippen molar-refractivity contribution >= 4 is 17.6 Å². The van der Waals surface area contributed by atoms with E-state index in [1.807, 2.05) is 0 Å². The molecule has 0 amide bonds. The van der Waals surface area contributed by atoms with Crippen LogP contribution < -0.4 is 5.32 Å². The Balaban J connectivity index is 2.60. The molecule has 1 unspecified atom stereocenters. The van der Waals surface area contributed by atoms with Gasteiger partial charge in [0, 0.05) is 6.54 Å². The Kier molecular flexibility index (Phi) is 4.71. The number of carbonyl (C=O) groups is 1. The van der Waals surface area contributed by atoms with Gasteiger partial charge >= 0.3 is 5.97 Å². The summed E-state index contributed by atoms with van der Waals surface area (Å²) in [6, 6.07) is 3.73. The molecule has 0 radical (unpaired) electrons. The highest BCUT2D eigenvalue weighted by Gasteiger charge is 2.13. The van der Waals surface area contributed by atoms with Crippen LogP contribution in [-0.4, -0.2) is 17.1 Å². The first-order chi connectivity index (χ1) is 7.54. The number of rotatable bonds is 5. The Morgan fingerprint density at radius 2 is 2.31 bits per heavy atom. The summed E-state index contributed by atoms with van der Waals surface area (Å²) in [6.07, 6.45) is 0.490. The standard InChI is InChI=1S/C11H13ClFNO2/c1-2-10(11(15)16)14-6-7-3-4-9(13)8(12)5-7/h3-5,10,14H,2,6H2,1H3,(H,15,16). The smallest absolute Gasteiger partial charge is 0.320 e. The molecule has 88 valence electrons. The first kappa shape index (κ1) is 12.9. The number of halogens is 2. The van der Waals surface area contributed by atoms with Crippen molar-refractivity contribution in [1.82, 2.24) is 5.32 Å². The molecule has 0 saturated heterocycles. The van der Waals surface area contributed by atoms with E-state index in [9.17, 15) is 9.18 Å². The molecular formula is C11H13ClFNO2. The maximum absolute atomic E-state index is 12.8. The third-order valence-corrected chi connectivity index (χ3v) is 2.53. The zero-order valence-electron chi connectivity index (χ0n) is 8.84. The second-order valence-corrected chi connectivity index (χ2v) is 3.84. The highest BCUT2D eigenvalue weighted by molar-refractivity contribution is 6.30. The number of nitrogens with one attached hydrogen (secondary N) is 1. The summed E-state index contributed by atoms with van der Waals surface area (Å²) in [5.41, 5.74) is 0.756. The van der Waals surface area contributed by atoms with Crippen LogP contribution in [0.1, 0.15) is 18.9 Å². The molecule has 16 heavy (non-hydrogen) atoms. The molecule has 0 aliphatic rings. The number of hydrogen-bond acceptors (Lipinski definition) is 2. The van der Waals surface area contributed by atoms with Crippen LogP contribution in [0.4, 0.5) is 4.39 Å². The molecule has 0 bridgehead atoms. The third-order valence-electron chi connectivity index (χ3n) is 2.24. The summed E-state index contributed by atoms with van der Waals surface area (Å²) in [5, 5.41) is 11.7. The molecule has 1 aromatic rings. The lowest BCUT2D eigenvalue weighted by Crippen LogP contribution is -2.35. The fraction of sp³-hybridized carbons (Fsp3) is 0.364. The molecule has 3 nitrogen and oxygen atoms in total. The first-order valence-corrected chi connectivity index (χ1v) is 5.32. The van der Waals surface area contributed by atoms with Gasteiger partial charge in [0.25, 0.3) is 0 Å². The van der Waals surface area contributed by atoms with Gasteiger partial charge in [-0.2, -0.15) is 0 Å². The van der Waals surface area contributed by atoms with E-state index in [0.29, 0.717) is 13.0 Å². The van der Waals surface area contributed by atoms with E-state index in [1.165, 1.54) is 12.1 Å². The van der Waals surface area contributed by atoms with E-state index in [2.05, 4.69) is 5.32 Å². The zero-order chi connectivity index (χ0) is 12.1. The van der Waals surface area contributed by atoms with Crippen LogP contribution in [-0.2, 0) is 11.3 Å². The normalized spacial score (nSPS) is 12.4. The largest absolute Gasteiger partial charge is 0.480 e. The fourth-order valence-corrected chi connectivity index (χ4v) is 1.50. The molecule has 0 saturated carbocycles. The Morgan fingerprint density at radius 1 is 1.62 bits per heavy atom. The Hall–Kier alpha value is -1.13. The summed E-state index contributed by atoms with van der Waals surface area (Å²) in [5.74, 6) is -1.37. The van der Waals surface area contributed by atoms with Crippen molar-refractivity contribution in [2.24, 2.45) is 0 Å². The van der Waals surface area contributed by atoms with Crippen LogP contribution in [0.2, 0.25) is 5.02 Å². The Labute approximate surface area is 98.2 Å². The lowest BCUT2D eigenvalue weighted by atomic mass is 10.2. The van der Waals surface area contributed by atoms with Crippen molar-refractivity contribution in [3.05, 3.63) is 34.6 Å². The minimum atomic E-state index is -0.893. The maximum atomic E-state index is 12.8. The Bertz CT molecular complexity index is 384. The van der Waals surface area contributed by atoms with Gasteiger partial charge in [0.1, 0.15) is 11.9 Å². The number of benzene rings is 1. The molecule has 0 fully saturated rings. The predicted molar refractivity (Wildman–Crippen MR) is 60.0 cm³/mol. The number of hydrogen-bond donors (Lipinski definition) is 2. The number of aliphatic carboxylic acids is 1. The molecule has 0 spiro atoms. The molecule has 2 N–H and O–H groups in total. The molecule has 1 aromatic carbocycles. The van der Waals surface area contributed by atoms with E-state index in [0.717, 1.165) is 5.56 Å². The highest BCUT2D eigenvalue weighted by atomic mass is 35.5. The van der Waals surface area contributed by atoms with Crippen molar-refractivity contribution in [1.29, 1.82) is 0 Å². The van der Waals surface area contributed by atoms with E-state index in [4.69, 9.17) is 16.7 Å². The van der Waals surface area contributed by atoms with Crippen LogP contribution in [0.5, 0.6) is 0 Å². The van der Waals surface area contributed by atoms with Gasteiger partial charge in [-0.1, -0.05) is 24.6 Å². The van der Waals surface area contributed by atoms with Gasteiger partial charge in [-0.15, -0.1) is 0 Å². The second-order valence-electron chi connectivity index (χ2n) is 3.43. The van der Waals surface area contributed by atoms with Crippen LogP contribution >= 0.6 is 11.6 Å². The molecule has 0 aromatic heterocycles. The highest BCUT2D eigenvalue weighted by Crippen LogP contribution is 2.15. The van der Waals surface area contributed by atoms with Crippen LogP contribution in [0, 0.1) is 5.82 Å². The van der Waals surface area contributed by atoms with Crippen molar-refractivity contribution in [2.75, 3.05) is 0 Å². The topological polar surface area (TPSA) is 49.3 Å². The van der Waals surface area contributed by atoms with E-state index in [-0.39, 0.29) is 5.02 Å². The first-order valence-electron chi connectivity index (χ1n) is 4.94. The van der Waals surface area contributed by atoms with Gasteiger partial charge in [0.15, 0.2) is 0 Å². The summed E-state index contributed by atoms with van der Waals surface area (Å²) in [4.78, 5) is 10.7. The van der Waals surface area contributed by atoms with E-state index >= 15 is 0 Å². The maximum Gasteiger partial charge on any atom is 0.320 e. The average Bonchev–Trinajstić information content (AvgIpc) is 2.23. The van der Waals surface area contributed by atoms with Gasteiger partial charge in [-0.25, -0.2) is 4.39 Å². The van der Waals surface area contributed by atoms with Gasteiger partial charge in [0.05, 0.1) is 5.02 Å². The fourth-order valence-electron chi connectivity index (χ4n) is 1.30. The van der Waals surface area contributed by atoms with Gasteiger partial charge in [0.2, 0.25) is 0 Å². The molecule has 0 aliphatic carbocycles. The monoisotopic (exact) mass is 245 g/mol. The lowest BCUT2D eigenvalue weighted by molar-refractivity contribution is -0.139. The van der Waals surface area contributed by atoms with Gasteiger partial charge in [-0.3, -0.25) is 4.79 Å². The van der Waals surface area contributed by atoms with Crippen molar-refractivity contribution < 1.29 is 14.3 Å². The van der Waals surface area contributed by atoms with Crippen molar-refractivity contribution in [3.63, 3.8) is 0 Å². The quantitative estimate of drug-likeness (QED) is 0.838. The second kappa shape index (κ2) is 5.82. The summed E-state index contributed by atoms with van der Waals surface area (Å²) in [6.45, 7) is 2.13. The molecular weight excluding hydrogens is 233 g/mol. The molecule has 0 heterocycles. The average molecular weight is 246 g/mol. The third kappa shape index (κ3) is 3.47. The Morgan fingerprint density at radius 3 is 2.81 bits per heavy atom. The van der Waals surface area contributed by atoms with E-state index in [1.54, 1.807) is 13.0 Å². The summed E-state index contributed by atoms with van der Waals surface area (Å²) in [7, 11) is 0. The molecule has 0 aliphatic heterocycles. The van der Waals surface area contributed by atoms with Crippen LogP contribution in [0.25, 0.3) is 0 Å². The van der Waals surface area contributed by atoms with Gasteiger partial charge in [-0.05, 0) is 24.1 Å². The van der Waals surface area contributed by atoms with Gasteiger partial charge < -0.3 is 10.4 Å². The number of carboxylic acids is 1. The SMILES string of the molecule is CCC(NCc1ccc(F)c(Cl)c1)C(=O)O. The molecule has 5 heteroatoms. The van der Waals surface area contributed by atoms with Crippen LogP contribution in [0.15, 0.2) is 18.2 Å².